The standard InChI is InChI=1S/C16H18FNO6/c1-4-23-16(22)13(18-15(21)9(2)24-10(3)19)14(20)11-5-7-12(17)8-6-11/h5-9,13H,4H2,1-3H3,(H,18,21)/t9?,13-/m0/s1. The second-order valence-electron chi connectivity index (χ2n) is 4.82. The molecule has 0 aliphatic rings. The highest BCUT2D eigenvalue weighted by atomic mass is 19.1. The average Bonchev–Trinajstić information content (AvgIpc) is 2.51. The molecular formula is C16H18FNO6. The zero-order valence-corrected chi connectivity index (χ0v) is 13.5. The van der Waals surface area contributed by atoms with Gasteiger partial charge in [-0.05, 0) is 38.1 Å². The van der Waals surface area contributed by atoms with Gasteiger partial charge in [0.1, 0.15) is 5.82 Å². The summed E-state index contributed by atoms with van der Waals surface area (Å²) in [6.45, 7) is 3.96. The number of benzene rings is 1. The number of ether oxygens (including phenoxy) is 2. The number of halogens is 1. The number of ketones is 1. The monoisotopic (exact) mass is 339 g/mol. The molecule has 2 atom stereocenters. The Bertz CT molecular complexity index is 628. The number of carbonyl (C=O) groups excluding carboxylic acids is 4. The number of hydrogen-bond donors (Lipinski definition) is 1. The van der Waals surface area contributed by atoms with Crippen LogP contribution in [0.5, 0.6) is 0 Å². The molecule has 1 unspecified atom stereocenters. The second-order valence-corrected chi connectivity index (χ2v) is 4.82. The zero-order valence-electron chi connectivity index (χ0n) is 13.5. The smallest absolute Gasteiger partial charge is 0.336 e. The van der Waals surface area contributed by atoms with Crippen LogP contribution >= 0.6 is 0 Å². The molecule has 1 N–H and O–H groups in total. The second kappa shape index (κ2) is 8.76. The molecule has 0 fully saturated rings. The van der Waals surface area contributed by atoms with E-state index in [9.17, 15) is 23.6 Å². The van der Waals surface area contributed by atoms with E-state index in [1.54, 1.807) is 6.92 Å². The first-order chi connectivity index (χ1) is 11.3. The highest BCUT2D eigenvalue weighted by molar-refractivity contribution is 6.13. The molecule has 130 valence electrons. The summed E-state index contributed by atoms with van der Waals surface area (Å²) in [6, 6.07) is 2.86. The third-order valence-electron chi connectivity index (χ3n) is 2.91. The Morgan fingerprint density at radius 2 is 1.75 bits per heavy atom. The summed E-state index contributed by atoms with van der Waals surface area (Å²) in [5, 5.41) is 2.19. The molecule has 0 saturated heterocycles. The van der Waals surface area contributed by atoms with Crippen LogP contribution in [-0.2, 0) is 23.9 Å². The number of carbonyl (C=O) groups is 4. The number of esters is 2. The Balaban J connectivity index is 2.97. The number of nitrogens with one attached hydrogen (secondary N) is 1. The first-order valence-electron chi connectivity index (χ1n) is 7.20. The Morgan fingerprint density at radius 1 is 1.17 bits per heavy atom. The van der Waals surface area contributed by atoms with Crippen LogP contribution in [0.1, 0.15) is 31.1 Å². The van der Waals surface area contributed by atoms with Gasteiger partial charge in [0.25, 0.3) is 5.91 Å². The Hall–Kier alpha value is -2.77. The van der Waals surface area contributed by atoms with Crippen molar-refractivity contribution in [3.05, 3.63) is 35.6 Å². The van der Waals surface area contributed by atoms with Crippen molar-refractivity contribution in [2.45, 2.75) is 32.9 Å². The lowest BCUT2D eigenvalue weighted by Crippen LogP contribution is -2.50. The van der Waals surface area contributed by atoms with Crippen molar-refractivity contribution in [1.29, 1.82) is 0 Å². The van der Waals surface area contributed by atoms with E-state index in [-0.39, 0.29) is 12.2 Å². The van der Waals surface area contributed by atoms with Gasteiger partial charge in [0, 0.05) is 12.5 Å². The quantitative estimate of drug-likeness (QED) is 0.452. The highest BCUT2D eigenvalue weighted by Crippen LogP contribution is 2.08. The van der Waals surface area contributed by atoms with Gasteiger partial charge >= 0.3 is 11.9 Å². The molecule has 1 amide bonds. The average molecular weight is 339 g/mol. The lowest BCUT2D eigenvalue weighted by molar-refractivity contribution is -0.154. The molecule has 0 aliphatic heterocycles. The van der Waals surface area contributed by atoms with E-state index < -0.39 is 41.6 Å². The highest BCUT2D eigenvalue weighted by Gasteiger charge is 2.32. The summed E-state index contributed by atoms with van der Waals surface area (Å²) >= 11 is 0. The van der Waals surface area contributed by atoms with E-state index in [1.165, 1.54) is 19.1 Å². The van der Waals surface area contributed by atoms with Gasteiger partial charge in [-0.3, -0.25) is 14.4 Å². The molecule has 0 aliphatic carbocycles. The van der Waals surface area contributed by atoms with Crippen LogP contribution in [0.4, 0.5) is 4.39 Å². The molecule has 1 rings (SSSR count). The minimum absolute atomic E-state index is 0.00139. The van der Waals surface area contributed by atoms with Crippen LogP contribution in [-0.4, -0.2) is 42.4 Å². The van der Waals surface area contributed by atoms with Crippen LogP contribution in [0.3, 0.4) is 0 Å². The fourth-order valence-corrected chi connectivity index (χ4v) is 1.80. The number of rotatable bonds is 7. The van der Waals surface area contributed by atoms with Gasteiger partial charge in [0.05, 0.1) is 6.61 Å². The van der Waals surface area contributed by atoms with Crippen molar-refractivity contribution in [3.63, 3.8) is 0 Å². The Kier molecular flexibility index (Phi) is 7.03. The largest absolute Gasteiger partial charge is 0.464 e. The molecule has 0 heterocycles. The van der Waals surface area contributed by atoms with Gasteiger partial charge in [-0.15, -0.1) is 0 Å². The van der Waals surface area contributed by atoms with E-state index >= 15 is 0 Å². The van der Waals surface area contributed by atoms with Gasteiger partial charge in [-0.2, -0.15) is 0 Å². The number of amides is 1. The van der Waals surface area contributed by atoms with Gasteiger partial charge in [0.15, 0.2) is 17.9 Å². The summed E-state index contributed by atoms with van der Waals surface area (Å²) in [5.74, 6) is -3.80. The van der Waals surface area contributed by atoms with Crippen LogP contribution in [0, 0.1) is 5.82 Å². The molecule has 0 saturated carbocycles. The molecule has 1 aromatic carbocycles. The molecule has 8 heteroatoms. The van der Waals surface area contributed by atoms with Crippen molar-refractivity contribution in [2.24, 2.45) is 0 Å². The van der Waals surface area contributed by atoms with E-state index in [1.807, 2.05) is 0 Å². The fourth-order valence-electron chi connectivity index (χ4n) is 1.80. The summed E-state index contributed by atoms with van der Waals surface area (Å²) in [5.41, 5.74) is 0.0230. The summed E-state index contributed by atoms with van der Waals surface area (Å²) in [4.78, 5) is 47.2. The third-order valence-corrected chi connectivity index (χ3v) is 2.91. The van der Waals surface area contributed by atoms with Crippen LogP contribution < -0.4 is 5.32 Å². The third kappa shape index (κ3) is 5.45. The summed E-state index contributed by atoms with van der Waals surface area (Å²) in [6.07, 6.45) is -1.19. The Labute approximate surface area is 138 Å². The minimum Gasteiger partial charge on any atom is -0.464 e. The summed E-state index contributed by atoms with van der Waals surface area (Å²) < 4.78 is 22.4. The molecule has 0 aromatic heterocycles. The molecule has 7 nitrogen and oxygen atoms in total. The van der Waals surface area contributed by atoms with Gasteiger partial charge in [-0.25, -0.2) is 9.18 Å². The van der Waals surface area contributed by atoms with Crippen molar-refractivity contribution in [1.82, 2.24) is 5.32 Å². The van der Waals surface area contributed by atoms with Crippen molar-refractivity contribution < 1.29 is 33.0 Å². The first kappa shape index (κ1) is 19.3. The molecule has 0 radical (unpaired) electrons. The van der Waals surface area contributed by atoms with Crippen molar-refractivity contribution >= 4 is 23.6 Å². The predicted molar refractivity (Wildman–Crippen MR) is 80.5 cm³/mol. The van der Waals surface area contributed by atoms with E-state index in [0.717, 1.165) is 19.1 Å². The SMILES string of the molecule is CCOC(=O)[C@@H](NC(=O)C(C)OC(C)=O)C(=O)c1ccc(F)cc1. The maximum Gasteiger partial charge on any atom is 0.336 e. The predicted octanol–water partition coefficient (Wildman–Crippen LogP) is 1.01. The lowest BCUT2D eigenvalue weighted by Gasteiger charge is -2.19. The summed E-state index contributed by atoms with van der Waals surface area (Å²) in [7, 11) is 0. The molecule has 0 spiro atoms. The van der Waals surface area contributed by atoms with E-state index in [2.05, 4.69) is 10.1 Å². The molecule has 1 aromatic rings. The van der Waals surface area contributed by atoms with Gasteiger partial charge < -0.3 is 14.8 Å². The topological polar surface area (TPSA) is 98.8 Å². The normalized spacial score (nSPS) is 12.7. The lowest BCUT2D eigenvalue weighted by atomic mass is 10.0. The van der Waals surface area contributed by atoms with Crippen molar-refractivity contribution in [2.75, 3.05) is 6.61 Å². The van der Waals surface area contributed by atoms with Crippen LogP contribution in [0.2, 0.25) is 0 Å². The molecular weight excluding hydrogens is 321 g/mol. The number of Topliss-reactive ketones (excluding diaryl/α,β-unsaturated/α-hetero) is 1. The zero-order chi connectivity index (χ0) is 18.3. The van der Waals surface area contributed by atoms with Crippen LogP contribution in [0.25, 0.3) is 0 Å². The van der Waals surface area contributed by atoms with Crippen molar-refractivity contribution in [3.8, 4) is 0 Å². The van der Waals surface area contributed by atoms with Gasteiger partial charge in [-0.1, -0.05) is 0 Å². The minimum atomic E-state index is -1.62. The number of hydrogen-bond acceptors (Lipinski definition) is 6. The maximum atomic E-state index is 12.9. The van der Waals surface area contributed by atoms with E-state index in [0.29, 0.717) is 0 Å². The molecule has 24 heavy (non-hydrogen) atoms. The maximum absolute atomic E-state index is 12.9. The Morgan fingerprint density at radius 3 is 2.25 bits per heavy atom. The fraction of sp³-hybridized carbons (Fsp3) is 0.375. The molecule has 0 bridgehead atoms. The first-order valence-corrected chi connectivity index (χ1v) is 7.20. The van der Waals surface area contributed by atoms with E-state index in [4.69, 9.17) is 4.74 Å². The van der Waals surface area contributed by atoms with Gasteiger partial charge in [0.2, 0.25) is 0 Å². The van der Waals surface area contributed by atoms with Crippen LogP contribution in [0.15, 0.2) is 24.3 Å².